The minimum atomic E-state index is -0.805. The normalized spacial score (nSPS) is 12.3. The van der Waals surface area contributed by atoms with Crippen molar-refractivity contribution >= 4 is 58.0 Å². The second-order valence-corrected chi connectivity index (χ2v) is 12.2. The maximum Gasteiger partial charge on any atom is 0.330 e. The molecule has 44 heavy (non-hydrogen) atoms. The molecule has 0 amide bonds. The minimum absolute atomic E-state index is 0.194. The third-order valence-corrected chi connectivity index (χ3v) is 4.19. The van der Waals surface area contributed by atoms with Gasteiger partial charge in [0.25, 0.3) is 0 Å². The Bertz CT molecular complexity index is 858. The zero-order valence-electron chi connectivity index (χ0n) is 27.5. The van der Waals surface area contributed by atoms with Gasteiger partial charge in [0.2, 0.25) is 5.24 Å². The van der Waals surface area contributed by atoms with Crippen LogP contribution in [0, 0.1) is 0 Å². The maximum absolute atomic E-state index is 11.0. The van der Waals surface area contributed by atoms with Crippen LogP contribution in [0.5, 0.6) is 0 Å². The van der Waals surface area contributed by atoms with Gasteiger partial charge >= 0.3 is 17.9 Å². The summed E-state index contributed by atoms with van der Waals surface area (Å²) in [5.41, 5.74) is -2.23. The Balaban J connectivity index is -0.000000159. The highest BCUT2D eigenvalue weighted by atomic mass is 35.5. The van der Waals surface area contributed by atoms with Crippen molar-refractivity contribution in [1.29, 1.82) is 0 Å². The fraction of sp³-hybridized carbons (Fsp3) is 0.613. The summed E-state index contributed by atoms with van der Waals surface area (Å²) in [4.78, 5) is 42.1. The molecule has 0 rings (SSSR count). The van der Waals surface area contributed by atoms with Crippen molar-refractivity contribution in [3.63, 3.8) is 0 Å². The molecule has 0 fully saturated rings. The third kappa shape index (κ3) is 52.4. The van der Waals surface area contributed by atoms with Gasteiger partial charge in [-0.15, -0.1) is 23.2 Å². The standard InChI is InChI=1S/C12H18O4.C9H16O3.C6H14O2.C3H3ClO.CH2Cl2/c1-6-10(13)15-9(3)8-12(4,5)16-11(14)7-2;1-5-8(10)12-7(2)6-9(3,4)11;1-5(7)4-6(2,3)8;1-2-3(4)5;2-1-3/h6-7,9H,1-2,8H2,3-5H3;5,7,11H,1,6H2,2-4H3;5,7-8H,4H2,1-3H3;2H,1H2;1H2. The second-order valence-electron chi connectivity index (χ2n) is 11.0. The SMILES string of the molecule is C=CC(=O)Cl.C=CC(=O)OC(C)CC(C)(C)O.C=CC(=O)OC(C)CC(C)(C)OC(=O)C=C.CC(O)CC(C)(C)O.ClCCl. The fourth-order valence-corrected chi connectivity index (χ4v) is 3.05. The summed E-state index contributed by atoms with van der Waals surface area (Å²) < 4.78 is 14.9. The smallest absolute Gasteiger partial charge is 0.330 e. The molecule has 0 saturated heterocycles. The van der Waals surface area contributed by atoms with Gasteiger partial charge in [-0.25, -0.2) is 14.4 Å². The van der Waals surface area contributed by atoms with Gasteiger partial charge in [0.05, 0.1) is 22.6 Å². The monoisotopic (exact) mass is 690 g/mol. The van der Waals surface area contributed by atoms with Gasteiger partial charge in [-0.1, -0.05) is 26.3 Å². The molecule has 0 aliphatic heterocycles. The summed E-state index contributed by atoms with van der Waals surface area (Å²) in [6.07, 6.45) is 4.58. The number of hydrogen-bond donors (Lipinski definition) is 3. The van der Waals surface area contributed by atoms with Crippen LogP contribution >= 0.6 is 34.8 Å². The molecule has 0 heterocycles. The van der Waals surface area contributed by atoms with Crippen molar-refractivity contribution in [2.45, 2.75) is 117 Å². The van der Waals surface area contributed by atoms with Crippen molar-refractivity contribution in [2.24, 2.45) is 0 Å². The summed E-state index contributed by atoms with van der Waals surface area (Å²) in [7, 11) is 0. The number of aliphatic hydroxyl groups is 3. The molecule has 3 atom stereocenters. The molecule has 0 aromatic rings. The first-order valence-corrected chi connectivity index (χ1v) is 14.8. The van der Waals surface area contributed by atoms with Gasteiger partial charge in [0.1, 0.15) is 17.8 Å². The van der Waals surface area contributed by atoms with Crippen LogP contribution in [-0.2, 0) is 33.4 Å². The van der Waals surface area contributed by atoms with E-state index in [0.29, 0.717) is 19.3 Å². The Hall–Kier alpha value is -2.21. The van der Waals surface area contributed by atoms with Crippen LogP contribution in [0.25, 0.3) is 0 Å². The van der Waals surface area contributed by atoms with Gasteiger partial charge in [0.15, 0.2) is 0 Å². The number of aliphatic hydroxyl groups excluding tert-OH is 1. The highest BCUT2D eigenvalue weighted by molar-refractivity contribution is 6.66. The molecule has 0 spiro atoms. The first kappa shape index (κ1) is 51.4. The van der Waals surface area contributed by atoms with E-state index in [1.54, 1.807) is 62.3 Å². The van der Waals surface area contributed by atoms with Crippen LogP contribution in [-0.4, -0.2) is 78.9 Å². The van der Waals surface area contributed by atoms with Crippen molar-refractivity contribution in [3.8, 4) is 0 Å². The number of carbonyl (C=O) groups is 4. The lowest BCUT2D eigenvalue weighted by Gasteiger charge is -2.27. The van der Waals surface area contributed by atoms with E-state index < -0.39 is 46.1 Å². The van der Waals surface area contributed by atoms with Crippen LogP contribution in [0.2, 0.25) is 0 Å². The Morgan fingerprint density at radius 3 is 1.18 bits per heavy atom. The van der Waals surface area contributed by atoms with Crippen molar-refractivity contribution in [1.82, 2.24) is 0 Å². The number of hydrogen-bond acceptors (Lipinski definition) is 10. The van der Waals surface area contributed by atoms with Gasteiger partial charge in [0, 0.05) is 37.5 Å². The first-order chi connectivity index (χ1) is 19.8. The van der Waals surface area contributed by atoms with E-state index in [1.165, 1.54) is 0 Å². The predicted molar refractivity (Wildman–Crippen MR) is 178 cm³/mol. The molecule has 0 aliphatic rings. The van der Waals surface area contributed by atoms with E-state index in [1.807, 2.05) is 0 Å². The van der Waals surface area contributed by atoms with Crippen LogP contribution < -0.4 is 0 Å². The van der Waals surface area contributed by atoms with E-state index in [-0.39, 0.29) is 17.5 Å². The summed E-state index contributed by atoms with van der Waals surface area (Å²) >= 11 is 14.2. The molecule has 3 unspecified atom stereocenters. The molecule has 0 bridgehead atoms. The first-order valence-electron chi connectivity index (χ1n) is 13.3. The molecule has 13 heteroatoms. The molecular formula is C31H53Cl3O10. The van der Waals surface area contributed by atoms with E-state index in [4.69, 9.17) is 59.2 Å². The van der Waals surface area contributed by atoms with Crippen molar-refractivity contribution in [3.05, 3.63) is 50.6 Å². The van der Waals surface area contributed by atoms with Crippen molar-refractivity contribution in [2.75, 3.05) is 5.34 Å². The van der Waals surface area contributed by atoms with Crippen LogP contribution in [0.15, 0.2) is 50.6 Å². The average molecular weight is 692 g/mol. The van der Waals surface area contributed by atoms with Gasteiger partial charge in [-0.05, 0) is 80.0 Å². The molecule has 0 aromatic heterocycles. The highest BCUT2D eigenvalue weighted by Gasteiger charge is 2.26. The largest absolute Gasteiger partial charge is 0.459 e. The second kappa shape index (κ2) is 28.3. The molecule has 3 N–H and O–H groups in total. The van der Waals surface area contributed by atoms with Crippen LogP contribution in [0.3, 0.4) is 0 Å². The number of esters is 3. The van der Waals surface area contributed by atoms with E-state index in [9.17, 15) is 24.3 Å². The lowest BCUT2D eigenvalue weighted by molar-refractivity contribution is -0.156. The number of halogens is 3. The predicted octanol–water partition coefficient (Wildman–Crippen LogP) is 6.15. The van der Waals surface area contributed by atoms with Crippen molar-refractivity contribution < 1.29 is 48.7 Å². The Morgan fingerprint density at radius 1 is 0.682 bits per heavy atom. The molecule has 0 aromatic carbocycles. The minimum Gasteiger partial charge on any atom is -0.459 e. The molecule has 0 saturated carbocycles. The van der Waals surface area contributed by atoms with Gasteiger partial charge < -0.3 is 29.5 Å². The number of ether oxygens (including phenoxy) is 3. The zero-order chi connectivity index (χ0) is 36.3. The Labute approximate surface area is 278 Å². The summed E-state index contributed by atoms with van der Waals surface area (Å²) in [5, 5.41) is 26.8. The summed E-state index contributed by atoms with van der Waals surface area (Å²) in [6.45, 7) is 28.3. The van der Waals surface area contributed by atoms with Crippen LogP contribution in [0.1, 0.15) is 81.6 Å². The average Bonchev–Trinajstić information content (AvgIpc) is 2.81. The number of carbonyl (C=O) groups excluding carboxylic acids is 4. The number of alkyl halides is 2. The van der Waals surface area contributed by atoms with E-state index >= 15 is 0 Å². The van der Waals surface area contributed by atoms with Crippen LogP contribution in [0.4, 0.5) is 0 Å². The number of rotatable bonds is 13. The molecular weight excluding hydrogens is 639 g/mol. The molecule has 258 valence electrons. The Morgan fingerprint density at radius 2 is 0.977 bits per heavy atom. The zero-order valence-corrected chi connectivity index (χ0v) is 29.8. The molecule has 0 radical (unpaired) electrons. The Kier molecular flexibility index (Phi) is 33.0. The summed E-state index contributed by atoms with van der Waals surface area (Å²) in [6, 6.07) is 0. The van der Waals surface area contributed by atoms with Gasteiger partial charge in [-0.3, -0.25) is 4.79 Å². The van der Waals surface area contributed by atoms with E-state index in [2.05, 4.69) is 26.3 Å². The highest BCUT2D eigenvalue weighted by Crippen LogP contribution is 2.19. The molecule has 0 aliphatic carbocycles. The molecule has 10 nitrogen and oxygen atoms in total. The van der Waals surface area contributed by atoms with E-state index in [0.717, 1.165) is 24.3 Å². The van der Waals surface area contributed by atoms with Gasteiger partial charge in [-0.2, -0.15) is 0 Å². The lowest BCUT2D eigenvalue weighted by atomic mass is 10.0. The fourth-order valence-electron chi connectivity index (χ4n) is 3.05. The summed E-state index contributed by atoms with van der Waals surface area (Å²) in [5.74, 6) is -1.43. The quantitative estimate of drug-likeness (QED) is 0.0673. The lowest BCUT2D eigenvalue weighted by Crippen LogP contribution is -2.32. The third-order valence-electron chi connectivity index (χ3n) is 4.03. The number of allylic oxidation sites excluding steroid dienone is 1. The topological polar surface area (TPSA) is 157 Å². The maximum atomic E-state index is 11.0.